The smallest absolute Gasteiger partial charge is 0.166 e. The number of carbonyl (C=O) groups is 1. The summed E-state index contributed by atoms with van der Waals surface area (Å²) in [5.74, 6) is 0.616. The molecule has 108 valence electrons. The monoisotopic (exact) mass is 272 g/mol. The Morgan fingerprint density at radius 2 is 2.00 bits per heavy atom. The predicted molar refractivity (Wildman–Crippen MR) is 80.0 cm³/mol. The number of fused-ring (bicyclic) bond motifs is 1. The minimum atomic E-state index is 0.236. The van der Waals surface area contributed by atoms with Crippen molar-refractivity contribution < 1.29 is 9.53 Å². The molecule has 0 N–H and O–H groups in total. The third kappa shape index (κ3) is 3.12. The van der Waals surface area contributed by atoms with Crippen molar-refractivity contribution in [1.29, 1.82) is 0 Å². The maximum atomic E-state index is 12.6. The second kappa shape index (κ2) is 6.53. The number of ketones is 1. The Hall–Kier alpha value is -1.15. The Bertz CT molecular complexity index is 460. The first-order chi connectivity index (χ1) is 9.84. The molecule has 2 atom stereocenters. The lowest BCUT2D eigenvalue weighted by molar-refractivity contribution is 0.0874. The van der Waals surface area contributed by atoms with E-state index in [0.717, 1.165) is 50.7 Å². The quantitative estimate of drug-likeness (QED) is 0.769. The first kappa shape index (κ1) is 13.8. The molecule has 3 rings (SSSR count). The van der Waals surface area contributed by atoms with Gasteiger partial charge < -0.3 is 4.74 Å². The molecular weight excluding hydrogens is 248 g/mol. The van der Waals surface area contributed by atoms with Gasteiger partial charge in [-0.25, -0.2) is 0 Å². The van der Waals surface area contributed by atoms with Gasteiger partial charge in [0, 0.05) is 18.1 Å². The normalized spacial score (nSPS) is 26.3. The van der Waals surface area contributed by atoms with Crippen LogP contribution in [0.25, 0.3) is 0 Å². The zero-order valence-electron chi connectivity index (χ0n) is 12.1. The second-order valence-electron chi connectivity index (χ2n) is 6.18. The van der Waals surface area contributed by atoms with E-state index >= 15 is 0 Å². The zero-order chi connectivity index (χ0) is 13.8. The van der Waals surface area contributed by atoms with Crippen LogP contribution in [0.1, 0.15) is 60.9 Å². The van der Waals surface area contributed by atoms with E-state index in [-0.39, 0.29) is 5.92 Å². The van der Waals surface area contributed by atoms with Crippen molar-refractivity contribution in [1.82, 2.24) is 0 Å². The average Bonchev–Trinajstić information content (AvgIpc) is 2.93. The fraction of sp³-hybridized carbons (Fsp3) is 0.611. The highest BCUT2D eigenvalue weighted by Crippen LogP contribution is 2.28. The van der Waals surface area contributed by atoms with E-state index in [2.05, 4.69) is 6.07 Å². The van der Waals surface area contributed by atoms with Crippen LogP contribution in [0.4, 0.5) is 0 Å². The molecule has 1 aliphatic carbocycles. The molecule has 1 aromatic rings. The lowest BCUT2D eigenvalue weighted by Crippen LogP contribution is -2.15. The summed E-state index contributed by atoms with van der Waals surface area (Å²) in [4.78, 5) is 12.6. The fourth-order valence-corrected chi connectivity index (χ4v) is 3.61. The van der Waals surface area contributed by atoms with E-state index < -0.39 is 0 Å². The van der Waals surface area contributed by atoms with E-state index in [1.165, 1.54) is 18.4 Å². The third-order valence-corrected chi connectivity index (χ3v) is 4.75. The molecule has 2 unspecified atom stereocenters. The van der Waals surface area contributed by atoms with Crippen LogP contribution >= 0.6 is 0 Å². The summed E-state index contributed by atoms with van der Waals surface area (Å²) in [5.41, 5.74) is 2.23. The first-order valence-electron chi connectivity index (χ1n) is 8.08. The molecule has 2 heteroatoms. The van der Waals surface area contributed by atoms with E-state index in [1.54, 1.807) is 0 Å². The maximum absolute atomic E-state index is 12.6. The Morgan fingerprint density at radius 3 is 2.85 bits per heavy atom. The highest BCUT2D eigenvalue weighted by atomic mass is 16.5. The van der Waals surface area contributed by atoms with Crippen molar-refractivity contribution in [2.45, 2.75) is 57.5 Å². The molecule has 1 heterocycles. The molecule has 1 fully saturated rings. The van der Waals surface area contributed by atoms with Crippen LogP contribution in [-0.4, -0.2) is 18.5 Å². The van der Waals surface area contributed by atoms with E-state index in [1.807, 2.05) is 18.2 Å². The first-order valence-corrected chi connectivity index (χ1v) is 8.08. The summed E-state index contributed by atoms with van der Waals surface area (Å²) >= 11 is 0. The molecular formula is C18H24O2. The summed E-state index contributed by atoms with van der Waals surface area (Å²) in [6, 6.07) is 8.16. The lowest BCUT2D eigenvalue weighted by Gasteiger charge is -2.15. The van der Waals surface area contributed by atoms with Crippen LogP contribution in [0.2, 0.25) is 0 Å². The molecule has 2 aliphatic rings. The van der Waals surface area contributed by atoms with Gasteiger partial charge in [-0.05, 0) is 50.5 Å². The highest BCUT2D eigenvalue weighted by Gasteiger charge is 2.25. The average molecular weight is 272 g/mol. The Kier molecular flexibility index (Phi) is 4.51. The van der Waals surface area contributed by atoms with Crippen molar-refractivity contribution >= 4 is 5.78 Å². The van der Waals surface area contributed by atoms with Gasteiger partial charge in [0.25, 0.3) is 0 Å². The van der Waals surface area contributed by atoms with Crippen molar-refractivity contribution in [2.75, 3.05) is 6.61 Å². The van der Waals surface area contributed by atoms with Gasteiger partial charge in [0.05, 0.1) is 6.10 Å². The summed E-state index contributed by atoms with van der Waals surface area (Å²) in [5, 5.41) is 0. The van der Waals surface area contributed by atoms with Gasteiger partial charge in [-0.2, -0.15) is 0 Å². The summed E-state index contributed by atoms with van der Waals surface area (Å²) in [6.45, 7) is 0.931. The van der Waals surface area contributed by atoms with Crippen LogP contribution in [-0.2, 0) is 11.2 Å². The Morgan fingerprint density at radius 1 is 1.10 bits per heavy atom. The number of Topliss-reactive ketones (excluding diaryl/α,β-unsaturated/α-hetero) is 1. The molecule has 20 heavy (non-hydrogen) atoms. The number of carbonyl (C=O) groups excluding carboxylic acids is 1. The number of hydrogen-bond donors (Lipinski definition) is 0. The summed E-state index contributed by atoms with van der Waals surface area (Å²) in [7, 11) is 0. The summed E-state index contributed by atoms with van der Waals surface area (Å²) < 4.78 is 5.67. The van der Waals surface area contributed by atoms with Crippen molar-refractivity contribution in [2.24, 2.45) is 5.92 Å². The zero-order valence-corrected chi connectivity index (χ0v) is 12.1. The van der Waals surface area contributed by atoms with Gasteiger partial charge in [0.2, 0.25) is 0 Å². The van der Waals surface area contributed by atoms with Gasteiger partial charge in [0.1, 0.15) is 0 Å². The van der Waals surface area contributed by atoms with Crippen LogP contribution < -0.4 is 0 Å². The second-order valence-corrected chi connectivity index (χ2v) is 6.18. The number of rotatable bonds is 4. The van der Waals surface area contributed by atoms with Gasteiger partial charge in [-0.15, -0.1) is 0 Å². The van der Waals surface area contributed by atoms with Gasteiger partial charge in [-0.1, -0.05) is 30.7 Å². The van der Waals surface area contributed by atoms with E-state index in [4.69, 9.17) is 4.74 Å². The number of aryl methyl sites for hydroxylation is 1. The van der Waals surface area contributed by atoms with Crippen molar-refractivity contribution in [3.8, 4) is 0 Å². The highest BCUT2D eigenvalue weighted by molar-refractivity contribution is 5.99. The van der Waals surface area contributed by atoms with Crippen molar-refractivity contribution in [3.05, 3.63) is 35.4 Å². The van der Waals surface area contributed by atoms with Gasteiger partial charge >= 0.3 is 0 Å². The number of benzene rings is 1. The topological polar surface area (TPSA) is 26.3 Å². The van der Waals surface area contributed by atoms with Crippen molar-refractivity contribution in [3.63, 3.8) is 0 Å². The fourth-order valence-electron chi connectivity index (χ4n) is 3.61. The molecule has 1 saturated heterocycles. The van der Waals surface area contributed by atoms with Crippen LogP contribution in [0.3, 0.4) is 0 Å². The number of hydrogen-bond acceptors (Lipinski definition) is 2. The minimum Gasteiger partial charge on any atom is -0.378 e. The molecule has 1 aliphatic heterocycles. The van der Waals surface area contributed by atoms with Gasteiger partial charge in [-0.3, -0.25) is 4.79 Å². The van der Waals surface area contributed by atoms with E-state index in [9.17, 15) is 4.79 Å². The Balaban J connectivity index is 1.58. The molecule has 0 aromatic heterocycles. The molecule has 1 aromatic carbocycles. The standard InChI is InChI=1S/C18H24O2/c19-18-15(9-4-10-16-11-5-13-20-16)8-3-7-14-6-1-2-12-17(14)18/h1-2,6,12,15-16H,3-5,7-11,13H2. The molecule has 0 radical (unpaired) electrons. The maximum Gasteiger partial charge on any atom is 0.166 e. The van der Waals surface area contributed by atoms with E-state index in [0.29, 0.717) is 11.9 Å². The lowest BCUT2D eigenvalue weighted by atomic mass is 9.90. The summed E-state index contributed by atoms with van der Waals surface area (Å²) in [6.07, 6.45) is 9.43. The molecule has 0 amide bonds. The molecule has 0 bridgehead atoms. The third-order valence-electron chi connectivity index (χ3n) is 4.75. The molecule has 0 saturated carbocycles. The van der Waals surface area contributed by atoms with Crippen LogP contribution in [0.15, 0.2) is 24.3 Å². The predicted octanol–water partition coefficient (Wildman–Crippen LogP) is 4.17. The minimum absolute atomic E-state index is 0.236. The molecule has 2 nitrogen and oxygen atoms in total. The Labute approximate surface area is 121 Å². The largest absolute Gasteiger partial charge is 0.378 e. The SMILES string of the molecule is O=C1c2ccccc2CCCC1CCCC1CCCO1. The van der Waals surface area contributed by atoms with Gasteiger partial charge in [0.15, 0.2) is 5.78 Å². The van der Waals surface area contributed by atoms with Crippen LogP contribution in [0, 0.1) is 5.92 Å². The number of ether oxygens (including phenoxy) is 1. The molecule has 0 spiro atoms. The van der Waals surface area contributed by atoms with Crippen LogP contribution in [0.5, 0.6) is 0 Å².